The number of ether oxygens (including phenoxy) is 2. The van der Waals surface area contributed by atoms with E-state index in [9.17, 15) is 14.4 Å². The summed E-state index contributed by atoms with van der Waals surface area (Å²) in [6.07, 6.45) is -1.33. The molecule has 2 N–H and O–H groups in total. The number of hydrogen-bond acceptors (Lipinski definition) is 5. The largest absolute Gasteiger partial charge is 0.496 e. The monoisotopic (exact) mass is 376 g/mol. The molecule has 136 valence electrons. The van der Waals surface area contributed by atoms with Crippen molar-refractivity contribution in [3.63, 3.8) is 0 Å². The third-order valence-electron chi connectivity index (χ3n) is 3.41. The van der Waals surface area contributed by atoms with Crippen molar-refractivity contribution in [3.05, 3.63) is 64.7 Å². The zero-order valence-corrected chi connectivity index (χ0v) is 14.9. The molecule has 0 spiro atoms. The number of benzene rings is 2. The minimum absolute atomic E-state index is 0.0636. The van der Waals surface area contributed by atoms with Gasteiger partial charge in [0.05, 0.1) is 7.11 Å². The summed E-state index contributed by atoms with van der Waals surface area (Å²) in [5, 5.41) is 4.67. The van der Waals surface area contributed by atoms with E-state index >= 15 is 0 Å². The summed E-state index contributed by atoms with van der Waals surface area (Å²) < 4.78 is 10.5. The van der Waals surface area contributed by atoms with Crippen LogP contribution in [0.3, 0.4) is 0 Å². The minimum Gasteiger partial charge on any atom is -0.496 e. The highest BCUT2D eigenvalue weighted by Gasteiger charge is 2.28. The predicted molar refractivity (Wildman–Crippen MR) is 95.2 cm³/mol. The van der Waals surface area contributed by atoms with E-state index in [4.69, 9.17) is 21.1 Å². The molecular weight excluding hydrogens is 360 g/mol. The standard InChI is InChI=1S/C18H17ClN2O5/c1-20-18(24)21-16(22)15(11-6-4-3-5-7-11)26-17(23)13-10-12(19)8-9-14(13)25-2/h3-10,15H,1-2H3,(H2,20,21,22,24)/t15-/m0/s1. The molecule has 0 bridgehead atoms. The summed E-state index contributed by atoms with van der Waals surface area (Å²) >= 11 is 5.93. The Balaban J connectivity index is 2.32. The molecule has 0 unspecified atom stereocenters. The topological polar surface area (TPSA) is 93.7 Å². The normalized spacial score (nSPS) is 11.2. The Bertz CT molecular complexity index is 810. The number of rotatable bonds is 5. The molecule has 1 atom stereocenters. The van der Waals surface area contributed by atoms with Crippen LogP contribution < -0.4 is 15.4 Å². The van der Waals surface area contributed by atoms with Gasteiger partial charge in [0.15, 0.2) is 0 Å². The van der Waals surface area contributed by atoms with E-state index in [0.717, 1.165) is 0 Å². The highest BCUT2D eigenvalue weighted by atomic mass is 35.5. The number of imide groups is 1. The summed E-state index contributed by atoms with van der Waals surface area (Å²) in [4.78, 5) is 36.4. The summed E-state index contributed by atoms with van der Waals surface area (Å²) in [6, 6.07) is 12.1. The van der Waals surface area contributed by atoms with Crippen molar-refractivity contribution >= 4 is 29.5 Å². The van der Waals surface area contributed by atoms with Gasteiger partial charge in [-0.15, -0.1) is 0 Å². The molecule has 2 aromatic rings. The Hall–Kier alpha value is -3.06. The van der Waals surface area contributed by atoms with Crippen LogP contribution in [0.2, 0.25) is 5.02 Å². The summed E-state index contributed by atoms with van der Waals surface area (Å²) in [5.74, 6) is -1.35. The average Bonchev–Trinajstić information content (AvgIpc) is 2.66. The smallest absolute Gasteiger partial charge is 0.343 e. The van der Waals surface area contributed by atoms with Gasteiger partial charge in [0.1, 0.15) is 11.3 Å². The molecule has 0 aliphatic heterocycles. The Kier molecular flexibility index (Phi) is 6.57. The first kappa shape index (κ1) is 19.3. The first-order valence-corrected chi connectivity index (χ1v) is 7.96. The maximum Gasteiger partial charge on any atom is 0.343 e. The number of amides is 3. The van der Waals surface area contributed by atoms with Gasteiger partial charge in [0.2, 0.25) is 6.10 Å². The quantitative estimate of drug-likeness (QED) is 0.782. The second kappa shape index (κ2) is 8.87. The minimum atomic E-state index is -1.33. The van der Waals surface area contributed by atoms with Crippen molar-refractivity contribution in [2.75, 3.05) is 14.2 Å². The lowest BCUT2D eigenvalue weighted by molar-refractivity contribution is -0.129. The molecule has 2 aromatic carbocycles. The lowest BCUT2D eigenvalue weighted by Gasteiger charge is -2.18. The third kappa shape index (κ3) is 4.73. The Morgan fingerprint density at radius 1 is 1.08 bits per heavy atom. The molecule has 0 saturated heterocycles. The van der Waals surface area contributed by atoms with Crippen LogP contribution in [0, 0.1) is 0 Å². The molecular formula is C18H17ClN2O5. The number of esters is 1. The van der Waals surface area contributed by atoms with Crippen LogP contribution >= 0.6 is 11.6 Å². The number of hydrogen-bond donors (Lipinski definition) is 2. The molecule has 0 aromatic heterocycles. The molecule has 0 fully saturated rings. The first-order valence-electron chi connectivity index (χ1n) is 7.58. The van der Waals surface area contributed by atoms with E-state index < -0.39 is 24.0 Å². The van der Waals surface area contributed by atoms with E-state index in [1.165, 1.54) is 26.3 Å². The number of halogens is 1. The van der Waals surface area contributed by atoms with Crippen molar-refractivity contribution < 1.29 is 23.9 Å². The lowest BCUT2D eigenvalue weighted by Crippen LogP contribution is -2.41. The Morgan fingerprint density at radius 3 is 2.38 bits per heavy atom. The SMILES string of the molecule is CNC(=O)NC(=O)[C@@H](OC(=O)c1cc(Cl)ccc1OC)c1ccccc1. The van der Waals surface area contributed by atoms with Gasteiger partial charge in [-0.1, -0.05) is 41.9 Å². The molecule has 26 heavy (non-hydrogen) atoms. The zero-order valence-electron chi connectivity index (χ0n) is 14.1. The zero-order chi connectivity index (χ0) is 19.1. The van der Waals surface area contributed by atoms with Crippen molar-refractivity contribution in [2.24, 2.45) is 0 Å². The molecule has 7 nitrogen and oxygen atoms in total. The number of methoxy groups -OCH3 is 1. The van der Waals surface area contributed by atoms with Crippen LogP contribution in [0.5, 0.6) is 5.75 Å². The van der Waals surface area contributed by atoms with Crippen molar-refractivity contribution in [1.82, 2.24) is 10.6 Å². The van der Waals surface area contributed by atoms with Gasteiger partial charge in [0.25, 0.3) is 5.91 Å². The van der Waals surface area contributed by atoms with E-state index in [0.29, 0.717) is 10.6 Å². The number of carbonyl (C=O) groups excluding carboxylic acids is 3. The second-order valence-corrected chi connectivity index (χ2v) is 5.55. The van der Waals surface area contributed by atoms with Crippen LogP contribution in [0.15, 0.2) is 48.5 Å². The first-order chi connectivity index (χ1) is 12.5. The molecule has 0 radical (unpaired) electrons. The van der Waals surface area contributed by atoms with Crippen LogP contribution in [0.25, 0.3) is 0 Å². The summed E-state index contributed by atoms with van der Waals surface area (Å²) in [6.45, 7) is 0. The van der Waals surface area contributed by atoms with Crippen LogP contribution in [-0.4, -0.2) is 32.1 Å². The number of carbonyl (C=O) groups is 3. The summed E-state index contributed by atoms with van der Waals surface area (Å²) in [5.41, 5.74) is 0.469. The van der Waals surface area contributed by atoms with Crippen molar-refractivity contribution in [2.45, 2.75) is 6.10 Å². The van der Waals surface area contributed by atoms with Crippen LogP contribution in [0.4, 0.5) is 4.79 Å². The van der Waals surface area contributed by atoms with E-state index in [1.807, 2.05) is 0 Å². The maximum absolute atomic E-state index is 12.6. The molecule has 0 saturated carbocycles. The van der Waals surface area contributed by atoms with Crippen LogP contribution in [0.1, 0.15) is 22.0 Å². The van der Waals surface area contributed by atoms with Gasteiger partial charge in [0, 0.05) is 17.6 Å². The molecule has 0 heterocycles. The van der Waals surface area contributed by atoms with E-state index in [2.05, 4.69) is 10.6 Å². The Morgan fingerprint density at radius 2 is 1.77 bits per heavy atom. The second-order valence-electron chi connectivity index (χ2n) is 5.11. The molecule has 3 amide bonds. The highest BCUT2D eigenvalue weighted by Crippen LogP contribution is 2.26. The van der Waals surface area contributed by atoms with Crippen molar-refractivity contribution in [3.8, 4) is 5.75 Å². The highest BCUT2D eigenvalue weighted by molar-refractivity contribution is 6.31. The third-order valence-corrected chi connectivity index (χ3v) is 3.65. The van der Waals surface area contributed by atoms with Crippen LogP contribution in [-0.2, 0) is 9.53 Å². The fourth-order valence-electron chi connectivity index (χ4n) is 2.15. The maximum atomic E-state index is 12.6. The van der Waals surface area contributed by atoms with Gasteiger partial charge < -0.3 is 14.8 Å². The predicted octanol–water partition coefficient (Wildman–Crippen LogP) is 2.70. The number of urea groups is 1. The van der Waals surface area contributed by atoms with Gasteiger partial charge >= 0.3 is 12.0 Å². The molecule has 0 aliphatic rings. The van der Waals surface area contributed by atoms with E-state index in [-0.39, 0.29) is 11.3 Å². The molecule has 8 heteroatoms. The van der Waals surface area contributed by atoms with Gasteiger partial charge in [-0.3, -0.25) is 10.1 Å². The van der Waals surface area contributed by atoms with Gasteiger partial charge in [-0.05, 0) is 18.2 Å². The fraction of sp³-hybridized carbons (Fsp3) is 0.167. The lowest BCUT2D eigenvalue weighted by atomic mass is 10.1. The van der Waals surface area contributed by atoms with Crippen molar-refractivity contribution in [1.29, 1.82) is 0 Å². The fourth-order valence-corrected chi connectivity index (χ4v) is 2.32. The summed E-state index contributed by atoms with van der Waals surface area (Å²) in [7, 11) is 2.76. The average molecular weight is 377 g/mol. The molecule has 2 rings (SSSR count). The Labute approximate surface area is 155 Å². The number of nitrogens with one attached hydrogen (secondary N) is 2. The van der Waals surface area contributed by atoms with E-state index in [1.54, 1.807) is 36.4 Å². The van der Waals surface area contributed by atoms with Gasteiger partial charge in [-0.2, -0.15) is 0 Å². The van der Waals surface area contributed by atoms with Gasteiger partial charge in [-0.25, -0.2) is 9.59 Å². The molecule has 0 aliphatic carbocycles.